The van der Waals surface area contributed by atoms with Gasteiger partial charge in [-0.2, -0.15) is 13.5 Å². The van der Waals surface area contributed by atoms with E-state index in [9.17, 15) is 4.79 Å². The van der Waals surface area contributed by atoms with Crippen LogP contribution < -0.4 is 4.74 Å². The first kappa shape index (κ1) is 26.4. The van der Waals surface area contributed by atoms with Crippen LogP contribution in [0.5, 0.6) is 5.75 Å². The molecule has 1 aliphatic rings. The second-order valence-electron chi connectivity index (χ2n) is 8.81. The molecule has 0 radical (unpaired) electrons. The van der Waals surface area contributed by atoms with Gasteiger partial charge in [0, 0.05) is 19.1 Å². The number of fused-ring (bicyclic) bond motifs is 1. The largest absolute Gasteiger partial charge is 0.489 e. The molecule has 0 fully saturated rings. The summed E-state index contributed by atoms with van der Waals surface area (Å²) in [4.78, 5) is 13.6. The van der Waals surface area contributed by atoms with Gasteiger partial charge >= 0.3 is 5.97 Å². The molecular formula is C30H33NO3S. The summed E-state index contributed by atoms with van der Waals surface area (Å²) >= 11 is 0. The maximum atomic E-state index is 11.1. The molecule has 0 saturated heterocycles. The highest BCUT2D eigenvalue weighted by Crippen LogP contribution is 2.28. The minimum absolute atomic E-state index is 0. The topological polar surface area (TPSA) is 49.8 Å². The lowest BCUT2D eigenvalue weighted by atomic mass is 9.96. The van der Waals surface area contributed by atoms with E-state index >= 15 is 0 Å². The van der Waals surface area contributed by atoms with Gasteiger partial charge in [-0.15, -0.1) is 5.92 Å². The highest BCUT2D eigenvalue weighted by molar-refractivity contribution is 7.59. The lowest BCUT2D eigenvalue weighted by Crippen LogP contribution is -2.32. The summed E-state index contributed by atoms with van der Waals surface area (Å²) in [6, 6.07) is 25.3. The van der Waals surface area contributed by atoms with Crippen molar-refractivity contribution in [2.45, 2.75) is 51.8 Å². The number of carbonyl (C=O) groups is 1. The SMILES string of the molecule is CC#C[C@@H](CC(=O)O)c1ccc(OCc2ccc(C(C)N3CCc4ccccc4C3)cc2)cc1.S. The predicted molar refractivity (Wildman–Crippen MR) is 145 cm³/mol. The Kier molecular flexibility index (Phi) is 9.42. The fourth-order valence-electron chi connectivity index (χ4n) is 4.52. The Hall–Kier alpha value is -3.20. The Morgan fingerprint density at radius 3 is 2.31 bits per heavy atom. The smallest absolute Gasteiger partial charge is 0.304 e. The van der Waals surface area contributed by atoms with Gasteiger partial charge in [-0.05, 0) is 60.2 Å². The lowest BCUT2D eigenvalue weighted by molar-refractivity contribution is -0.137. The molecule has 0 amide bonds. The second-order valence-corrected chi connectivity index (χ2v) is 8.81. The Bertz CT molecular complexity index is 1180. The number of hydrogen-bond acceptors (Lipinski definition) is 3. The van der Waals surface area contributed by atoms with E-state index in [1.54, 1.807) is 6.92 Å². The maximum absolute atomic E-state index is 11.1. The Labute approximate surface area is 215 Å². The van der Waals surface area contributed by atoms with Gasteiger partial charge in [0.15, 0.2) is 0 Å². The molecule has 2 atom stereocenters. The number of nitrogens with zero attached hydrogens (tertiary/aromatic N) is 1. The summed E-state index contributed by atoms with van der Waals surface area (Å²) in [5, 5.41) is 9.11. The van der Waals surface area contributed by atoms with Crippen LogP contribution >= 0.6 is 13.5 Å². The van der Waals surface area contributed by atoms with E-state index in [-0.39, 0.29) is 25.8 Å². The summed E-state index contributed by atoms with van der Waals surface area (Å²) in [5.41, 5.74) is 6.23. The molecule has 4 rings (SSSR count). The van der Waals surface area contributed by atoms with Gasteiger partial charge in [-0.3, -0.25) is 9.69 Å². The summed E-state index contributed by atoms with van der Waals surface area (Å²) in [6.45, 7) is 6.56. The molecule has 1 N–H and O–H groups in total. The Morgan fingerprint density at radius 2 is 1.66 bits per heavy atom. The van der Waals surface area contributed by atoms with Gasteiger partial charge in [0.1, 0.15) is 12.4 Å². The monoisotopic (exact) mass is 487 g/mol. The molecule has 182 valence electrons. The molecule has 35 heavy (non-hydrogen) atoms. The van der Waals surface area contributed by atoms with E-state index < -0.39 is 5.97 Å². The van der Waals surface area contributed by atoms with E-state index in [1.807, 2.05) is 24.3 Å². The molecule has 1 heterocycles. The first-order chi connectivity index (χ1) is 16.5. The van der Waals surface area contributed by atoms with Gasteiger partial charge in [0.25, 0.3) is 0 Å². The van der Waals surface area contributed by atoms with Crippen LogP contribution in [-0.4, -0.2) is 22.5 Å². The molecule has 0 bridgehead atoms. The summed E-state index contributed by atoms with van der Waals surface area (Å²) in [7, 11) is 0. The highest BCUT2D eigenvalue weighted by atomic mass is 32.1. The van der Waals surface area contributed by atoms with Crippen LogP contribution in [0.1, 0.15) is 60.0 Å². The van der Waals surface area contributed by atoms with E-state index in [1.165, 1.54) is 16.7 Å². The van der Waals surface area contributed by atoms with Crippen molar-refractivity contribution in [3.05, 3.63) is 101 Å². The van der Waals surface area contributed by atoms with Gasteiger partial charge in [0.05, 0.1) is 12.3 Å². The molecule has 5 heteroatoms. The molecule has 3 aromatic carbocycles. The Balaban J connectivity index is 0.00000342. The summed E-state index contributed by atoms with van der Waals surface area (Å²) in [5.74, 6) is 5.40. The maximum Gasteiger partial charge on any atom is 0.304 e. The van der Waals surface area contributed by atoms with Crippen LogP contribution in [0.15, 0.2) is 72.8 Å². The van der Waals surface area contributed by atoms with Crippen molar-refractivity contribution >= 4 is 19.5 Å². The van der Waals surface area contributed by atoms with Gasteiger partial charge in [0.2, 0.25) is 0 Å². The van der Waals surface area contributed by atoms with Crippen molar-refractivity contribution in [3.63, 3.8) is 0 Å². The fraction of sp³-hybridized carbons (Fsp3) is 0.300. The quantitative estimate of drug-likeness (QED) is 0.391. The zero-order valence-corrected chi connectivity index (χ0v) is 21.3. The van der Waals surface area contributed by atoms with Crippen LogP contribution in [0.25, 0.3) is 0 Å². The van der Waals surface area contributed by atoms with Crippen molar-refractivity contribution in [1.82, 2.24) is 4.90 Å². The van der Waals surface area contributed by atoms with Crippen molar-refractivity contribution < 1.29 is 14.6 Å². The van der Waals surface area contributed by atoms with Crippen LogP contribution in [-0.2, 0) is 24.4 Å². The minimum atomic E-state index is -0.851. The predicted octanol–water partition coefficient (Wildman–Crippen LogP) is 6.08. The first-order valence-electron chi connectivity index (χ1n) is 11.8. The molecule has 0 spiro atoms. The third kappa shape index (κ3) is 6.91. The second kappa shape index (κ2) is 12.5. The summed E-state index contributed by atoms with van der Waals surface area (Å²) in [6.07, 6.45) is 1.10. The molecule has 3 aromatic rings. The van der Waals surface area contributed by atoms with E-state index in [2.05, 4.69) is 72.2 Å². The number of ether oxygens (including phenoxy) is 1. The first-order valence-corrected chi connectivity index (χ1v) is 11.8. The number of rotatable bonds is 8. The zero-order chi connectivity index (χ0) is 23.9. The third-order valence-corrected chi connectivity index (χ3v) is 6.56. The average Bonchev–Trinajstić information content (AvgIpc) is 2.87. The standard InChI is InChI=1S/C30H31NO3.H2S/c1-3-6-27(19-30(32)33)26-13-15-29(16-14-26)34-21-23-9-11-24(12-10-23)22(2)31-18-17-25-7-4-5-8-28(25)20-31;/h4-5,7-16,22,27H,17-21H2,1-2H3,(H,32,33);1H2/t22?,27-;/m0./s1. The number of hydrogen-bond donors (Lipinski definition) is 1. The van der Waals surface area contributed by atoms with Gasteiger partial charge < -0.3 is 9.84 Å². The molecule has 1 unspecified atom stereocenters. The zero-order valence-electron chi connectivity index (χ0n) is 20.3. The molecule has 0 saturated carbocycles. The molecule has 4 nitrogen and oxygen atoms in total. The van der Waals surface area contributed by atoms with E-state index in [0.717, 1.165) is 36.4 Å². The minimum Gasteiger partial charge on any atom is -0.489 e. The van der Waals surface area contributed by atoms with Gasteiger partial charge in [-0.25, -0.2) is 0 Å². The fourth-order valence-corrected chi connectivity index (χ4v) is 4.52. The average molecular weight is 488 g/mol. The van der Waals surface area contributed by atoms with E-state index in [0.29, 0.717) is 12.6 Å². The number of aliphatic carboxylic acids is 1. The van der Waals surface area contributed by atoms with Crippen LogP contribution in [0.2, 0.25) is 0 Å². The van der Waals surface area contributed by atoms with Crippen LogP contribution in [0.3, 0.4) is 0 Å². The van der Waals surface area contributed by atoms with Gasteiger partial charge in [-0.1, -0.05) is 66.6 Å². The normalized spacial score (nSPS) is 14.5. The third-order valence-electron chi connectivity index (χ3n) is 6.56. The van der Waals surface area contributed by atoms with Crippen LogP contribution in [0.4, 0.5) is 0 Å². The van der Waals surface area contributed by atoms with Crippen molar-refractivity contribution in [1.29, 1.82) is 0 Å². The van der Waals surface area contributed by atoms with Crippen molar-refractivity contribution in [2.75, 3.05) is 6.54 Å². The summed E-state index contributed by atoms with van der Waals surface area (Å²) < 4.78 is 5.96. The highest BCUT2D eigenvalue weighted by Gasteiger charge is 2.21. The molecule has 0 aliphatic carbocycles. The molecule has 1 aliphatic heterocycles. The number of benzene rings is 3. The van der Waals surface area contributed by atoms with Crippen LogP contribution in [0, 0.1) is 11.8 Å². The molecular weight excluding hydrogens is 454 g/mol. The number of carboxylic acids is 1. The molecule has 0 aromatic heterocycles. The lowest BCUT2D eigenvalue weighted by Gasteiger charge is -2.34. The Morgan fingerprint density at radius 1 is 1.00 bits per heavy atom. The van der Waals surface area contributed by atoms with E-state index in [4.69, 9.17) is 9.84 Å². The van der Waals surface area contributed by atoms with Crippen molar-refractivity contribution in [2.24, 2.45) is 0 Å². The number of carboxylic acid groups (broad SMARTS) is 1. The van der Waals surface area contributed by atoms with Crippen molar-refractivity contribution in [3.8, 4) is 17.6 Å².